The molecule has 0 radical (unpaired) electrons. The Balaban J connectivity index is 2.09. The van der Waals surface area contributed by atoms with Crippen molar-refractivity contribution in [2.24, 2.45) is 5.92 Å². The zero-order chi connectivity index (χ0) is 17.9. The van der Waals surface area contributed by atoms with Crippen LogP contribution in [0.15, 0.2) is 0 Å². The van der Waals surface area contributed by atoms with E-state index in [1.54, 1.807) is 0 Å². The molecule has 0 aliphatic heterocycles. The van der Waals surface area contributed by atoms with E-state index in [-0.39, 0.29) is 18.7 Å². The van der Waals surface area contributed by atoms with Crippen LogP contribution in [-0.4, -0.2) is 32.3 Å². The van der Waals surface area contributed by atoms with Gasteiger partial charge in [-0.1, -0.05) is 26.7 Å². The maximum Gasteiger partial charge on any atom is 0.305 e. The second-order valence-corrected chi connectivity index (χ2v) is 7.51. The summed E-state index contributed by atoms with van der Waals surface area (Å²) < 4.78 is 1.96. The summed E-state index contributed by atoms with van der Waals surface area (Å²) in [6, 6.07) is 0. The highest BCUT2D eigenvalue weighted by Gasteiger charge is 2.37. The molecule has 0 saturated heterocycles. The summed E-state index contributed by atoms with van der Waals surface area (Å²) in [6.45, 7) is 9.02. The maximum absolute atomic E-state index is 12.5. The highest BCUT2D eigenvalue weighted by atomic mass is 16.4. The predicted octanol–water partition coefficient (Wildman–Crippen LogP) is 2.60. The number of carbonyl (C=O) groups excluding carboxylic acids is 1. The zero-order valence-corrected chi connectivity index (χ0v) is 15.2. The van der Waals surface area contributed by atoms with Crippen LogP contribution in [0.4, 0.5) is 0 Å². The number of hydrogen-bond acceptors (Lipinski definition) is 3. The number of amides is 1. The van der Waals surface area contributed by atoms with E-state index in [1.165, 1.54) is 0 Å². The van der Waals surface area contributed by atoms with Gasteiger partial charge in [-0.15, -0.1) is 0 Å². The number of hydrogen-bond donors (Lipinski definition) is 2. The van der Waals surface area contributed by atoms with Crippen molar-refractivity contribution in [1.29, 1.82) is 0 Å². The van der Waals surface area contributed by atoms with Gasteiger partial charge in [0.15, 0.2) is 0 Å². The summed E-state index contributed by atoms with van der Waals surface area (Å²) in [4.78, 5) is 23.7. The summed E-state index contributed by atoms with van der Waals surface area (Å²) >= 11 is 0. The molecule has 1 heterocycles. The molecule has 0 bridgehead atoms. The number of nitrogens with one attached hydrogen (secondary N) is 1. The van der Waals surface area contributed by atoms with E-state index in [4.69, 9.17) is 5.11 Å². The van der Waals surface area contributed by atoms with Crippen molar-refractivity contribution in [2.75, 3.05) is 0 Å². The van der Waals surface area contributed by atoms with E-state index in [9.17, 15) is 9.59 Å². The van der Waals surface area contributed by atoms with Crippen LogP contribution >= 0.6 is 0 Å². The van der Waals surface area contributed by atoms with Crippen molar-refractivity contribution >= 4 is 11.9 Å². The number of aromatic nitrogens is 2. The number of carbonyl (C=O) groups is 2. The van der Waals surface area contributed by atoms with Gasteiger partial charge in [-0.05, 0) is 32.6 Å². The topological polar surface area (TPSA) is 84.2 Å². The van der Waals surface area contributed by atoms with Crippen LogP contribution in [0.1, 0.15) is 62.9 Å². The first-order valence-corrected chi connectivity index (χ1v) is 8.78. The highest BCUT2D eigenvalue weighted by Crippen LogP contribution is 2.32. The molecule has 2 rings (SSSR count). The van der Waals surface area contributed by atoms with Crippen molar-refractivity contribution in [1.82, 2.24) is 15.1 Å². The van der Waals surface area contributed by atoms with Gasteiger partial charge in [0.25, 0.3) is 0 Å². The van der Waals surface area contributed by atoms with E-state index in [0.717, 1.165) is 49.2 Å². The molecular formula is C18H29N3O3. The minimum Gasteiger partial charge on any atom is -0.481 e. The number of aliphatic carboxylic acids is 1. The van der Waals surface area contributed by atoms with Crippen LogP contribution in [0.5, 0.6) is 0 Å². The fourth-order valence-electron chi connectivity index (χ4n) is 3.70. The molecule has 1 amide bonds. The van der Waals surface area contributed by atoms with E-state index >= 15 is 0 Å². The van der Waals surface area contributed by atoms with Crippen LogP contribution in [0, 0.1) is 19.8 Å². The predicted molar refractivity (Wildman–Crippen MR) is 91.8 cm³/mol. The fraction of sp³-hybridized carbons (Fsp3) is 0.722. The quantitative estimate of drug-likeness (QED) is 0.802. The van der Waals surface area contributed by atoms with E-state index in [1.807, 2.05) is 18.5 Å². The van der Waals surface area contributed by atoms with Gasteiger partial charge in [-0.2, -0.15) is 5.10 Å². The second-order valence-electron chi connectivity index (χ2n) is 7.51. The van der Waals surface area contributed by atoms with Crippen molar-refractivity contribution < 1.29 is 14.7 Å². The van der Waals surface area contributed by atoms with Gasteiger partial charge in [-0.25, -0.2) is 0 Å². The van der Waals surface area contributed by atoms with Gasteiger partial charge in [-0.3, -0.25) is 14.3 Å². The molecule has 6 heteroatoms. The van der Waals surface area contributed by atoms with Crippen LogP contribution < -0.4 is 5.32 Å². The summed E-state index contributed by atoms with van der Waals surface area (Å²) in [5.41, 5.74) is 2.28. The molecule has 24 heavy (non-hydrogen) atoms. The Morgan fingerprint density at radius 3 is 2.46 bits per heavy atom. The third-order valence-electron chi connectivity index (χ3n) is 4.86. The monoisotopic (exact) mass is 335 g/mol. The lowest BCUT2D eigenvalue weighted by Crippen LogP contribution is -2.48. The molecule has 0 atom stereocenters. The van der Waals surface area contributed by atoms with Gasteiger partial charge in [0, 0.05) is 17.8 Å². The molecule has 0 unspecified atom stereocenters. The van der Waals surface area contributed by atoms with E-state index < -0.39 is 11.5 Å². The molecule has 1 aliphatic carbocycles. The molecular weight excluding hydrogens is 306 g/mol. The van der Waals surface area contributed by atoms with Crippen LogP contribution in [-0.2, 0) is 22.6 Å². The Morgan fingerprint density at radius 1 is 1.29 bits per heavy atom. The molecule has 1 fully saturated rings. The third kappa shape index (κ3) is 4.36. The number of carboxylic acid groups (broad SMARTS) is 1. The van der Waals surface area contributed by atoms with Crippen molar-refractivity contribution in [3.05, 3.63) is 17.0 Å². The van der Waals surface area contributed by atoms with E-state index in [0.29, 0.717) is 5.92 Å². The molecule has 6 nitrogen and oxygen atoms in total. The SMILES string of the molecule is Cc1nn(CC(C)C)c(C)c1CC(=O)NC1(CC(=O)O)CCCC1. The largest absolute Gasteiger partial charge is 0.481 e. The molecule has 1 aromatic rings. The molecule has 134 valence electrons. The molecule has 1 aromatic heterocycles. The smallest absolute Gasteiger partial charge is 0.305 e. The summed E-state index contributed by atoms with van der Waals surface area (Å²) in [5.74, 6) is -0.468. The van der Waals surface area contributed by atoms with Gasteiger partial charge < -0.3 is 10.4 Å². The molecule has 1 saturated carbocycles. The first-order valence-electron chi connectivity index (χ1n) is 8.78. The van der Waals surface area contributed by atoms with Crippen LogP contribution in [0.3, 0.4) is 0 Å². The van der Waals surface area contributed by atoms with Crippen molar-refractivity contribution in [3.63, 3.8) is 0 Å². The minimum absolute atomic E-state index is 0.00329. The summed E-state index contributed by atoms with van der Waals surface area (Å²) in [7, 11) is 0. The van der Waals surface area contributed by atoms with Crippen molar-refractivity contribution in [2.45, 2.75) is 78.3 Å². The standard InChI is InChI=1S/C18H29N3O3/c1-12(2)11-21-14(4)15(13(3)20-21)9-16(22)19-18(10-17(23)24)7-5-6-8-18/h12H,5-11H2,1-4H3,(H,19,22)(H,23,24). The maximum atomic E-state index is 12.5. The highest BCUT2D eigenvalue weighted by molar-refractivity contribution is 5.81. The van der Waals surface area contributed by atoms with Gasteiger partial charge in [0.05, 0.1) is 24.1 Å². The Bertz CT molecular complexity index is 613. The van der Waals surface area contributed by atoms with E-state index in [2.05, 4.69) is 24.3 Å². The lowest BCUT2D eigenvalue weighted by Gasteiger charge is -2.28. The first kappa shape index (κ1) is 18.5. The average Bonchev–Trinajstić information content (AvgIpc) is 2.98. The summed E-state index contributed by atoms with van der Waals surface area (Å²) in [5, 5.41) is 16.7. The number of aryl methyl sites for hydroxylation is 1. The molecule has 1 aliphatic rings. The normalized spacial score (nSPS) is 16.5. The van der Waals surface area contributed by atoms with Crippen molar-refractivity contribution in [3.8, 4) is 0 Å². The number of nitrogens with zero attached hydrogens (tertiary/aromatic N) is 2. The van der Waals surface area contributed by atoms with Crippen LogP contribution in [0.25, 0.3) is 0 Å². The lowest BCUT2D eigenvalue weighted by atomic mass is 9.92. The second kappa shape index (κ2) is 7.36. The number of rotatable bonds is 7. The van der Waals surface area contributed by atoms with Gasteiger partial charge >= 0.3 is 5.97 Å². The molecule has 0 spiro atoms. The Hall–Kier alpha value is -1.85. The molecule has 2 N–H and O–H groups in total. The summed E-state index contributed by atoms with van der Waals surface area (Å²) in [6.07, 6.45) is 3.70. The number of carboxylic acids is 1. The third-order valence-corrected chi connectivity index (χ3v) is 4.86. The van der Waals surface area contributed by atoms with Gasteiger partial charge in [0.1, 0.15) is 0 Å². The zero-order valence-electron chi connectivity index (χ0n) is 15.2. The Kier molecular flexibility index (Phi) is 5.67. The first-order chi connectivity index (χ1) is 11.2. The average molecular weight is 335 g/mol. The Morgan fingerprint density at radius 2 is 1.92 bits per heavy atom. The lowest BCUT2D eigenvalue weighted by molar-refractivity contribution is -0.139. The Labute approximate surface area is 143 Å². The molecule has 0 aromatic carbocycles. The van der Waals surface area contributed by atoms with Crippen LogP contribution in [0.2, 0.25) is 0 Å². The minimum atomic E-state index is -0.852. The van der Waals surface area contributed by atoms with Gasteiger partial charge in [0.2, 0.25) is 5.91 Å². The fourth-order valence-corrected chi connectivity index (χ4v) is 3.70.